The van der Waals surface area contributed by atoms with Crippen molar-refractivity contribution in [1.29, 1.82) is 0 Å². The first-order valence-electron chi connectivity index (χ1n) is 12.4. The number of carbonyl (C=O) groups is 3. The minimum Gasteiger partial charge on any atom is -0.507 e. The van der Waals surface area contributed by atoms with E-state index in [0.29, 0.717) is 11.3 Å². The van der Waals surface area contributed by atoms with Gasteiger partial charge < -0.3 is 34.5 Å². The Labute approximate surface area is 241 Å². The Balaban J connectivity index is 1.93. The maximum Gasteiger partial charge on any atom is 0.231 e. The van der Waals surface area contributed by atoms with E-state index in [4.69, 9.17) is 30.5 Å². The number of hydrogen-bond acceptors (Lipinski definition) is 10. The predicted molar refractivity (Wildman–Crippen MR) is 150 cm³/mol. The topological polar surface area (TPSA) is 141 Å². The van der Waals surface area contributed by atoms with E-state index >= 15 is 0 Å². The molecular formula is C28H30ClNO9S. The number of aliphatic hydroxyl groups excluding tert-OH is 1. The number of benzene rings is 2. The van der Waals surface area contributed by atoms with Gasteiger partial charge in [-0.15, -0.1) is 0 Å². The summed E-state index contributed by atoms with van der Waals surface area (Å²) in [5.74, 6) is -3.31. The minimum atomic E-state index is -2.00. The van der Waals surface area contributed by atoms with Crippen molar-refractivity contribution in [3.05, 3.63) is 51.7 Å². The van der Waals surface area contributed by atoms with Crippen LogP contribution in [-0.2, 0) is 9.59 Å². The molecule has 2 aromatic rings. The molecule has 1 unspecified atom stereocenters. The van der Waals surface area contributed by atoms with Crippen molar-refractivity contribution in [1.82, 2.24) is 5.32 Å². The van der Waals surface area contributed by atoms with Crippen molar-refractivity contribution in [3.63, 3.8) is 0 Å². The number of phenols is 1. The van der Waals surface area contributed by atoms with Gasteiger partial charge in [0.1, 0.15) is 22.1 Å². The molecule has 10 nitrogen and oxygen atoms in total. The molecule has 0 saturated carbocycles. The maximum atomic E-state index is 14.1. The van der Waals surface area contributed by atoms with Crippen LogP contribution in [0.1, 0.15) is 41.6 Å². The highest BCUT2D eigenvalue weighted by atomic mass is 35.5. The number of methoxy groups -OCH3 is 3. The zero-order chi connectivity index (χ0) is 29.4. The summed E-state index contributed by atoms with van der Waals surface area (Å²) in [6, 6.07) is 5.80. The number of halogens is 1. The van der Waals surface area contributed by atoms with Gasteiger partial charge in [-0.2, -0.15) is 12.6 Å². The summed E-state index contributed by atoms with van der Waals surface area (Å²) in [5.41, 5.74) is -1.75. The molecule has 2 aliphatic rings. The second-order valence-electron chi connectivity index (χ2n) is 9.52. The lowest BCUT2D eigenvalue weighted by Gasteiger charge is -2.38. The number of ether oxygens (including phenoxy) is 4. The third-order valence-electron chi connectivity index (χ3n) is 7.29. The number of aliphatic hydroxyl groups is 1. The average molecular weight is 592 g/mol. The summed E-state index contributed by atoms with van der Waals surface area (Å²) in [6.45, 7) is 1.90. The van der Waals surface area contributed by atoms with Gasteiger partial charge in [-0.1, -0.05) is 24.6 Å². The fourth-order valence-corrected chi connectivity index (χ4v) is 5.67. The van der Waals surface area contributed by atoms with E-state index in [1.807, 2.05) is 0 Å². The molecule has 1 aliphatic carbocycles. The van der Waals surface area contributed by atoms with E-state index < -0.39 is 40.7 Å². The number of hydrogen-bond donors (Lipinski definition) is 4. The number of carbonyl (C=O) groups excluding carboxylic acids is 3. The van der Waals surface area contributed by atoms with Gasteiger partial charge in [0.2, 0.25) is 17.3 Å². The van der Waals surface area contributed by atoms with E-state index in [1.54, 1.807) is 6.92 Å². The zero-order valence-electron chi connectivity index (χ0n) is 22.4. The normalized spacial score (nSPS) is 20.7. The van der Waals surface area contributed by atoms with Gasteiger partial charge in [0.15, 0.2) is 28.8 Å². The molecule has 2 aromatic carbocycles. The molecule has 3 atom stereocenters. The van der Waals surface area contributed by atoms with Gasteiger partial charge in [-0.3, -0.25) is 14.4 Å². The van der Waals surface area contributed by atoms with Crippen LogP contribution in [0.3, 0.4) is 0 Å². The summed E-state index contributed by atoms with van der Waals surface area (Å²) in [6.07, 6.45) is -0.420. The summed E-state index contributed by atoms with van der Waals surface area (Å²) < 4.78 is 22.2. The standard InChI is InChI=1S/C28H30ClNO9S/c1-13-9-17(32)22(15(11-21(33)30-7-8-40)14-5-6-16(31)18(10-14)36-2)26(34)28(13)27(35)23-19(37-3)12-20(38-4)24(29)25(23)39-28/h5-6,10,12-13,15,31,34,40H,7-9,11H2,1-4H3,(H,30,33)/t13-,15?,28+/m1/s1. The molecule has 0 radical (unpaired) electrons. The number of allylic oxidation sites excluding steroid dienone is 1. The fourth-order valence-electron chi connectivity index (χ4n) is 5.29. The van der Waals surface area contributed by atoms with Crippen molar-refractivity contribution >= 4 is 41.7 Å². The minimum absolute atomic E-state index is 0.00734. The van der Waals surface area contributed by atoms with Crippen molar-refractivity contribution in [3.8, 4) is 28.7 Å². The Bertz CT molecular complexity index is 1410. The Hall–Kier alpha value is -3.57. The fraction of sp³-hybridized carbons (Fsp3) is 0.393. The van der Waals surface area contributed by atoms with Gasteiger partial charge in [-0.05, 0) is 17.7 Å². The number of rotatable bonds is 9. The number of thiol groups is 1. The van der Waals surface area contributed by atoms with Crippen molar-refractivity contribution in [2.45, 2.75) is 31.3 Å². The average Bonchev–Trinajstić information content (AvgIpc) is 3.25. The van der Waals surface area contributed by atoms with Crippen LogP contribution in [0.15, 0.2) is 35.6 Å². The Morgan fingerprint density at radius 1 is 1.15 bits per heavy atom. The number of nitrogens with one attached hydrogen (secondary N) is 1. The van der Waals surface area contributed by atoms with Crippen LogP contribution < -0.4 is 24.3 Å². The van der Waals surface area contributed by atoms with E-state index in [2.05, 4.69) is 17.9 Å². The Morgan fingerprint density at radius 2 is 1.82 bits per heavy atom. The molecule has 1 spiro atoms. The van der Waals surface area contributed by atoms with Crippen LogP contribution >= 0.6 is 24.2 Å². The van der Waals surface area contributed by atoms with Crippen molar-refractivity contribution < 1.29 is 43.5 Å². The zero-order valence-corrected chi connectivity index (χ0v) is 24.0. The molecule has 0 saturated heterocycles. The highest BCUT2D eigenvalue weighted by Gasteiger charge is 2.61. The number of Topliss-reactive ketones (excluding diaryl/α,β-unsaturated/α-hetero) is 2. The Kier molecular flexibility index (Phi) is 8.46. The number of amides is 1. The lowest BCUT2D eigenvalue weighted by molar-refractivity contribution is -0.121. The smallest absolute Gasteiger partial charge is 0.231 e. The monoisotopic (exact) mass is 591 g/mol. The first kappa shape index (κ1) is 29.4. The van der Waals surface area contributed by atoms with Crippen molar-refractivity contribution in [2.24, 2.45) is 5.92 Å². The lowest BCUT2D eigenvalue weighted by atomic mass is 9.69. The molecule has 12 heteroatoms. The summed E-state index contributed by atoms with van der Waals surface area (Å²) >= 11 is 10.6. The van der Waals surface area contributed by atoms with E-state index in [1.165, 1.54) is 45.6 Å². The van der Waals surface area contributed by atoms with E-state index in [9.17, 15) is 24.6 Å². The first-order chi connectivity index (χ1) is 19.0. The molecular weight excluding hydrogens is 562 g/mol. The predicted octanol–water partition coefficient (Wildman–Crippen LogP) is 4.03. The third-order valence-corrected chi connectivity index (χ3v) is 7.87. The number of ketones is 2. The van der Waals surface area contributed by atoms with Gasteiger partial charge in [0.05, 0.1) is 21.3 Å². The van der Waals surface area contributed by atoms with Crippen LogP contribution in [0.4, 0.5) is 0 Å². The van der Waals surface area contributed by atoms with E-state index in [0.717, 1.165) is 0 Å². The van der Waals surface area contributed by atoms with Gasteiger partial charge in [0.25, 0.3) is 0 Å². The molecule has 3 N–H and O–H groups in total. The number of aromatic hydroxyl groups is 1. The van der Waals surface area contributed by atoms with Crippen LogP contribution in [0.25, 0.3) is 0 Å². The summed E-state index contributed by atoms with van der Waals surface area (Å²) in [7, 11) is 4.13. The highest BCUT2D eigenvalue weighted by Crippen LogP contribution is 2.55. The molecule has 1 amide bonds. The Morgan fingerprint density at radius 3 is 2.45 bits per heavy atom. The second-order valence-corrected chi connectivity index (χ2v) is 10.3. The molecule has 40 heavy (non-hydrogen) atoms. The van der Waals surface area contributed by atoms with Crippen LogP contribution in [0, 0.1) is 5.92 Å². The van der Waals surface area contributed by atoms with Gasteiger partial charge in [0, 0.05) is 48.6 Å². The molecule has 1 aliphatic heterocycles. The molecule has 0 aromatic heterocycles. The summed E-state index contributed by atoms with van der Waals surface area (Å²) in [5, 5.41) is 24.7. The first-order valence-corrected chi connectivity index (χ1v) is 13.5. The van der Waals surface area contributed by atoms with Crippen molar-refractivity contribution in [2.75, 3.05) is 33.6 Å². The van der Waals surface area contributed by atoms with Gasteiger partial charge >= 0.3 is 0 Å². The summed E-state index contributed by atoms with van der Waals surface area (Å²) in [4.78, 5) is 40.6. The number of phenolic OH excluding ortho intramolecular Hbond substituents is 1. The quantitative estimate of drug-likeness (QED) is 0.318. The molecule has 0 fully saturated rings. The van der Waals surface area contributed by atoms with Crippen LogP contribution in [-0.4, -0.2) is 66.9 Å². The number of fused-ring (bicyclic) bond motifs is 1. The molecule has 0 bridgehead atoms. The van der Waals surface area contributed by atoms with Crippen LogP contribution in [0.5, 0.6) is 28.7 Å². The lowest BCUT2D eigenvalue weighted by Crippen LogP contribution is -2.53. The second kappa shape index (κ2) is 11.5. The molecule has 214 valence electrons. The van der Waals surface area contributed by atoms with E-state index in [-0.39, 0.29) is 64.3 Å². The SMILES string of the molecule is COc1cc(C(CC(=O)NCCS)C2=C(O)[C@@]3(Oc4c(Cl)c(OC)cc(OC)c4C3=O)[C@H](C)CC2=O)ccc1O. The molecule has 4 rings (SSSR count). The third kappa shape index (κ3) is 4.71. The largest absolute Gasteiger partial charge is 0.507 e. The van der Waals surface area contributed by atoms with Gasteiger partial charge in [-0.25, -0.2) is 0 Å². The van der Waals surface area contributed by atoms with Crippen LogP contribution in [0.2, 0.25) is 5.02 Å². The molecule has 1 heterocycles. The maximum absolute atomic E-state index is 14.1. The highest BCUT2D eigenvalue weighted by molar-refractivity contribution is 7.80.